The van der Waals surface area contributed by atoms with E-state index < -0.39 is 0 Å². The molecule has 0 radical (unpaired) electrons. The lowest BCUT2D eigenvalue weighted by Crippen LogP contribution is -2.08. The van der Waals surface area contributed by atoms with Gasteiger partial charge in [-0.25, -0.2) is 9.97 Å². The van der Waals surface area contributed by atoms with Gasteiger partial charge >= 0.3 is 0 Å². The first-order valence-electron chi connectivity index (χ1n) is 7.23. The predicted octanol–water partition coefficient (Wildman–Crippen LogP) is 2.91. The maximum atomic E-state index is 9.07. The molecule has 0 aliphatic heterocycles. The highest BCUT2D eigenvalue weighted by atomic mass is 32.1. The van der Waals surface area contributed by atoms with E-state index in [2.05, 4.69) is 22.2 Å². The lowest BCUT2D eigenvalue weighted by atomic mass is 10.2. The maximum Gasteiger partial charge on any atom is 0.163 e. The van der Waals surface area contributed by atoms with Crippen LogP contribution in [-0.2, 0) is 6.42 Å². The molecule has 0 spiro atoms. The van der Waals surface area contributed by atoms with Gasteiger partial charge in [-0.1, -0.05) is 37.3 Å². The number of hydrogen-bond acceptors (Lipinski definition) is 6. The van der Waals surface area contributed by atoms with Crippen LogP contribution in [0.3, 0.4) is 0 Å². The number of rotatable bonds is 5. The molecule has 0 atom stereocenters. The van der Waals surface area contributed by atoms with E-state index >= 15 is 0 Å². The van der Waals surface area contributed by atoms with Gasteiger partial charge in [-0.05, 0) is 6.42 Å². The molecule has 3 aromatic rings. The van der Waals surface area contributed by atoms with Gasteiger partial charge in [-0.3, -0.25) is 0 Å². The Hall–Kier alpha value is -2.18. The van der Waals surface area contributed by atoms with Gasteiger partial charge in [-0.2, -0.15) is 0 Å². The minimum Gasteiger partial charge on any atom is -0.397 e. The molecule has 3 rings (SSSR count). The van der Waals surface area contributed by atoms with Crippen LogP contribution in [0, 0.1) is 0 Å². The summed E-state index contributed by atoms with van der Waals surface area (Å²) >= 11 is 1.60. The summed E-state index contributed by atoms with van der Waals surface area (Å²) in [6.07, 6.45) is 0.868. The van der Waals surface area contributed by atoms with Gasteiger partial charge in [-0.15, -0.1) is 11.3 Å². The van der Waals surface area contributed by atoms with E-state index in [-0.39, 0.29) is 6.61 Å². The molecule has 0 aliphatic rings. The van der Waals surface area contributed by atoms with Gasteiger partial charge in [0.05, 0.1) is 17.7 Å². The molecule has 2 aromatic heterocycles. The Morgan fingerprint density at radius 3 is 2.68 bits per heavy atom. The van der Waals surface area contributed by atoms with Crippen LogP contribution in [0.4, 0.5) is 11.5 Å². The summed E-state index contributed by atoms with van der Waals surface area (Å²) in [5.41, 5.74) is 7.94. The van der Waals surface area contributed by atoms with E-state index in [1.54, 1.807) is 11.3 Å². The molecule has 114 valence electrons. The summed E-state index contributed by atoms with van der Waals surface area (Å²) in [7, 11) is 0. The normalized spacial score (nSPS) is 11.0. The van der Waals surface area contributed by atoms with E-state index in [1.807, 2.05) is 30.3 Å². The summed E-state index contributed by atoms with van der Waals surface area (Å²) in [4.78, 5) is 11.3. The molecule has 22 heavy (non-hydrogen) atoms. The predicted molar refractivity (Wildman–Crippen MR) is 92.2 cm³/mol. The second-order valence-corrected chi connectivity index (χ2v) is 5.97. The maximum absolute atomic E-state index is 9.07. The number of aromatic nitrogens is 2. The zero-order chi connectivity index (χ0) is 15.5. The van der Waals surface area contributed by atoms with Crippen LogP contribution in [0.5, 0.6) is 0 Å². The fourth-order valence-corrected chi connectivity index (χ4v) is 3.38. The van der Waals surface area contributed by atoms with E-state index in [9.17, 15) is 0 Å². The van der Waals surface area contributed by atoms with Crippen molar-refractivity contribution in [2.45, 2.75) is 13.3 Å². The molecule has 6 heteroatoms. The van der Waals surface area contributed by atoms with Crippen molar-refractivity contribution >= 4 is 33.1 Å². The Morgan fingerprint density at radius 2 is 2.00 bits per heavy atom. The monoisotopic (exact) mass is 314 g/mol. The highest BCUT2D eigenvalue weighted by Crippen LogP contribution is 2.37. The fourth-order valence-electron chi connectivity index (χ4n) is 2.35. The van der Waals surface area contributed by atoms with Gasteiger partial charge in [0.2, 0.25) is 0 Å². The Kier molecular flexibility index (Phi) is 4.22. The zero-order valence-corrected chi connectivity index (χ0v) is 13.2. The Bertz CT molecular complexity index is 786. The van der Waals surface area contributed by atoms with Crippen LogP contribution in [0.25, 0.3) is 21.6 Å². The van der Waals surface area contributed by atoms with Gasteiger partial charge in [0.25, 0.3) is 0 Å². The third-order valence-electron chi connectivity index (χ3n) is 3.42. The van der Waals surface area contributed by atoms with Crippen LogP contribution in [0.1, 0.15) is 11.8 Å². The molecule has 0 aliphatic carbocycles. The van der Waals surface area contributed by atoms with E-state index in [0.29, 0.717) is 18.2 Å². The average molecular weight is 314 g/mol. The number of aliphatic hydroxyl groups is 1. The molecule has 2 heterocycles. The number of benzene rings is 1. The van der Waals surface area contributed by atoms with E-state index in [1.165, 1.54) is 0 Å². The molecule has 5 nitrogen and oxygen atoms in total. The molecule has 0 saturated heterocycles. The average Bonchev–Trinajstić information content (AvgIpc) is 2.89. The summed E-state index contributed by atoms with van der Waals surface area (Å²) in [5.74, 6) is 1.35. The number of anilines is 2. The van der Waals surface area contributed by atoms with Crippen LogP contribution in [0.15, 0.2) is 30.3 Å². The van der Waals surface area contributed by atoms with Crippen molar-refractivity contribution in [3.63, 3.8) is 0 Å². The highest BCUT2D eigenvalue weighted by molar-refractivity contribution is 7.19. The summed E-state index contributed by atoms with van der Waals surface area (Å²) in [5, 5.41) is 13.1. The van der Waals surface area contributed by atoms with Crippen LogP contribution >= 0.6 is 11.3 Å². The van der Waals surface area contributed by atoms with Crippen molar-refractivity contribution in [2.24, 2.45) is 0 Å². The first-order valence-corrected chi connectivity index (χ1v) is 8.05. The molecule has 4 N–H and O–H groups in total. The molecule has 0 fully saturated rings. The van der Waals surface area contributed by atoms with Crippen molar-refractivity contribution < 1.29 is 5.11 Å². The summed E-state index contributed by atoms with van der Waals surface area (Å²) in [6.45, 7) is 2.54. The van der Waals surface area contributed by atoms with Crippen molar-refractivity contribution in [3.8, 4) is 11.4 Å². The van der Waals surface area contributed by atoms with Gasteiger partial charge in [0.1, 0.15) is 10.6 Å². The number of fused-ring (bicyclic) bond motifs is 1. The largest absolute Gasteiger partial charge is 0.397 e. The molecule has 0 amide bonds. The highest BCUT2D eigenvalue weighted by Gasteiger charge is 2.16. The molecular weight excluding hydrogens is 296 g/mol. The van der Waals surface area contributed by atoms with Crippen molar-refractivity contribution in [2.75, 3.05) is 24.2 Å². The summed E-state index contributed by atoms with van der Waals surface area (Å²) < 4.78 is 0. The minimum atomic E-state index is 0.0385. The lowest BCUT2D eigenvalue weighted by molar-refractivity contribution is 0.311. The number of nitrogens with one attached hydrogen (secondary N) is 1. The standard InChI is InChI=1S/C16H18N4OS/c1-2-11-13(17)12-15(18-8-9-21)19-14(20-16(12)22-11)10-6-4-3-5-7-10/h3-7,21H,2,8-9,17H2,1H3,(H,18,19,20). The number of nitrogens with two attached hydrogens (primary N) is 1. The SMILES string of the molecule is CCc1sc2nc(-c3ccccc3)nc(NCCO)c2c1N. The van der Waals surface area contributed by atoms with Crippen LogP contribution < -0.4 is 11.1 Å². The number of hydrogen-bond donors (Lipinski definition) is 3. The van der Waals surface area contributed by atoms with E-state index in [0.717, 1.165) is 32.8 Å². The number of aliphatic hydroxyl groups excluding tert-OH is 1. The smallest absolute Gasteiger partial charge is 0.163 e. The quantitative estimate of drug-likeness (QED) is 0.674. The molecule has 1 aromatic carbocycles. The second-order valence-electron chi connectivity index (χ2n) is 4.88. The second kappa shape index (κ2) is 6.29. The summed E-state index contributed by atoms with van der Waals surface area (Å²) in [6, 6.07) is 9.85. The Balaban J connectivity index is 2.20. The number of nitrogens with zero attached hydrogens (tertiary/aromatic N) is 2. The molecule has 0 bridgehead atoms. The fraction of sp³-hybridized carbons (Fsp3) is 0.250. The van der Waals surface area contributed by atoms with Crippen LogP contribution in [0.2, 0.25) is 0 Å². The van der Waals surface area contributed by atoms with E-state index in [4.69, 9.17) is 10.8 Å². The van der Waals surface area contributed by atoms with Crippen molar-refractivity contribution in [3.05, 3.63) is 35.2 Å². The first kappa shape index (κ1) is 14.7. The topological polar surface area (TPSA) is 84.1 Å². The number of thiophene rings is 1. The van der Waals surface area contributed by atoms with Crippen LogP contribution in [-0.4, -0.2) is 28.2 Å². The first-order chi connectivity index (χ1) is 10.7. The van der Waals surface area contributed by atoms with Gasteiger partial charge in [0.15, 0.2) is 5.82 Å². The van der Waals surface area contributed by atoms with Crippen molar-refractivity contribution in [1.29, 1.82) is 0 Å². The number of aryl methyl sites for hydroxylation is 1. The van der Waals surface area contributed by atoms with Crippen molar-refractivity contribution in [1.82, 2.24) is 9.97 Å². The Labute approximate surface area is 132 Å². The number of nitrogen functional groups attached to an aromatic ring is 1. The molecule has 0 unspecified atom stereocenters. The molecule has 0 saturated carbocycles. The third kappa shape index (κ3) is 2.63. The molecular formula is C16H18N4OS. The minimum absolute atomic E-state index is 0.0385. The Morgan fingerprint density at radius 1 is 1.23 bits per heavy atom. The van der Waals surface area contributed by atoms with Gasteiger partial charge < -0.3 is 16.2 Å². The lowest BCUT2D eigenvalue weighted by Gasteiger charge is -2.08. The third-order valence-corrected chi connectivity index (χ3v) is 4.67. The zero-order valence-electron chi connectivity index (χ0n) is 12.3. The van der Waals surface area contributed by atoms with Gasteiger partial charge in [0, 0.05) is 17.0 Å².